The van der Waals surface area contributed by atoms with Gasteiger partial charge in [0, 0.05) is 15.7 Å². The third kappa shape index (κ3) is 2.47. The summed E-state index contributed by atoms with van der Waals surface area (Å²) >= 11 is 12.3. The molecular weight excluding hydrogens is 371 g/mol. The third-order valence-corrected chi connectivity index (χ3v) is 5.01. The van der Waals surface area contributed by atoms with Crippen molar-refractivity contribution in [1.82, 2.24) is 9.97 Å². The van der Waals surface area contributed by atoms with E-state index < -0.39 is 5.54 Å². The van der Waals surface area contributed by atoms with Gasteiger partial charge in [0.1, 0.15) is 22.8 Å². The zero-order valence-electron chi connectivity index (χ0n) is 14.2. The highest BCUT2D eigenvalue weighted by molar-refractivity contribution is 6.35. The Labute approximate surface area is 160 Å². The lowest BCUT2D eigenvalue weighted by Crippen LogP contribution is -2.45. The number of Topliss-reactive ketones (excluding diaryl/α,β-unsaturated/α-hetero) is 1. The third-order valence-electron chi connectivity index (χ3n) is 4.57. The smallest absolute Gasteiger partial charge is 0.195 e. The van der Waals surface area contributed by atoms with Gasteiger partial charge in [-0.25, -0.2) is 4.98 Å². The predicted octanol–water partition coefficient (Wildman–Crippen LogP) is 4.36. The van der Waals surface area contributed by atoms with Crippen molar-refractivity contribution >= 4 is 51.3 Å². The molecule has 7 heteroatoms. The number of imidazole rings is 1. The van der Waals surface area contributed by atoms with Crippen molar-refractivity contribution in [2.24, 2.45) is 5.73 Å². The van der Waals surface area contributed by atoms with Crippen LogP contribution in [-0.2, 0) is 4.79 Å². The van der Waals surface area contributed by atoms with Gasteiger partial charge in [-0.05, 0) is 44.2 Å². The largest absolute Gasteiger partial charge is 0.384 e. The Balaban J connectivity index is 1.91. The number of para-hydroxylation sites is 2. The molecule has 2 heterocycles. The van der Waals surface area contributed by atoms with E-state index in [0.717, 1.165) is 11.0 Å². The maximum Gasteiger partial charge on any atom is 0.195 e. The average molecular weight is 387 g/mol. The van der Waals surface area contributed by atoms with Crippen molar-refractivity contribution in [3.8, 4) is 0 Å². The fourth-order valence-corrected chi connectivity index (χ4v) is 3.88. The summed E-state index contributed by atoms with van der Waals surface area (Å²) in [6, 6.07) is 12.7. The van der Waals surface area contributed by atoms with E-state index in [-0.39, 0.29) is 5.78 Å². The minimum Gasteiger partial charge on any atom is -0.384 e. The van der Waals surface area contributed by atoms with Crippen molar-refractivity contribution in [2.75, 3.05) is 4.90 Å². The maximum atomic E-state index is 13.2. The number of rotatable bonds is 2. The molecule has 5 nitrogen and oxygen atoms in total. The summed E-state index contributed by atoms with van der Waals surface area (Å²) in [5.74, 6) is 0.653. The molecule has 1 aromatic heterocycles. The Morgan fingerprint density at radius 1 is 1.12 bits per heavy atom. The Kier molecular flexibility index (Phi) is 3.75. The van der Waals surface area contributed by atoms with Crippen LogP contribution in [0.1, 0.15) is 19.7 Å². The van der Waals surface area contributed by atoms with Crippen LogP contribution in [0.4, 0.5) is 5.69 Å². The number of anilines is 1. The van der Waals surface area contributed by atoms with Gasteiger partial charge < -0.3 is 15.6 Å². The van der Waals surface area contributed by atoms with Crippen LogP contribution in [0.25, 0.3) is 16.6 Å². The number of aromatic nitrogens is 2. The van der Waals surface area contributed by atoms with E-state index in [1.807, 2.05) is 38.1 Å². The van der Waals surface area contributed by atoms with Gasteiger partial charge in [0.25, 0.3) is 0 Å². The zero-order valence-corrected chi connectivity index (χ0v) is 15.7. The molecular formula is C19H16Cl2N4O. The molecule has 0 amide bonds. The normalized spacial score (nSPS) is 16.8. The monoisotopic (exact) mass is 386 g/mol. The standard InChI is InChI=1S/C19H16Cl2N4O/c1-19(2)16(26)15(18-23-13-5-3-4-6-14(13)24-18)17(22)25(19)12-8-10(20)7-11(21)9-12/h3-9H,22H2,1-2H3,(H,23,24). The number of carbonyl (C=O) groups excluding carboxylic acids is 1. The van der Waals surface area contributed by atoms with Crippen LogP contribution in [-0.4, -0.2) is 21.3 Å². The van der Waals surface area contributed by atoms with Crippen LogP contribution in [0.3, 0.4) is 0 Å². The predicted molar refractivity (Wildman–Crippen MR) is 105 cm³/mol. The van der Waals surface area contributed by atoms with Crippen molar-refractivity contribution in [3.05, 3.63) is 64.2 Å². The molecule has 1 aliphatic rings. The second-order valence-corrected chi connectivity index (χ2v) is 7.59. The second-order valence-electron chi connectivity index (χ2n) is 6.71. The molecule has 0 radical (unpaired) electrons. The van der Waals surface area contributed by atoms with Gasteiger partial charge in [-0.2, -0.15) is 0 Å². The SMILES string of the molecule is CC1(C)C(=O)C(c2nc3ccccc3[nH]2)=C(N)N1c1cc(Cl)cc(Cl)c1. The Hall–Kier alpha value is -2.50. The van der Waals surface area contributed by atoms with Crippen LogP contribution < -0.4 is 10.6 Å². The number of hydrogen-bond acceptors (Lipinski definition) is 4. The van der Waals surface area contributed by atoms with Gasteiger partial charge >= 0.3 is 0 Å². The van der Waals surface area contributed by atoms with Crippen LogP contribution in [0, 0.1) is 0 Å². The number of nitrogens with zero attached hydrogens (tertiary/aromatic N) is 2. The van der Waals surface area contributed by atoms with E-state index >= 15 is 0 Å². The number of hydrogen-bond donors (Lipinski definition) is 2. The summed E-state index contributed by atoms with van der Waals surface area (Å²) in [5, 5.41) is 0.946. The first kappa shape index (κ1) is 16.9. The number of nitrogens with one attached hydrogen (secondary N) is 1. The Morgan fingerprint density at radius 2 is 1.77 bits per heavy atom. The Morgan fingerprint density at radius 3 is 2.42 bits per heavy atom. The second kappa shape index (κ2) is 5.76. The number of ketones is 1. The van der Waals surface area contributed by atoms with Crippen LogP contribution in [0.2, 0.25) is 10.0 Å². The number of halogens is 2. The van der Waals surface area contributed by atoms with Crippen molar-refractivity contribution in [3.63, 3.8) is 0 Å². The maximum absolute atomic E-state index is 13.2. The first-order valence-corrected chi connectivity index (χ1v) is 8.80. The van der Waals surface area contributed by atoms with Gasteiger partial charge in [0.05, 0.1) is 11.0 Å². The van der Waals surface area contributed by atoms with Gasteiger partial charge in [0.2, 0.25) is 0 Å². The molecule has 3 N–H and O–H groups in total. The molecule has 3 aromatic rings. The topological polar surface area (TPSA) is 75.0 Å². The molecule has 0 fully saturated rings. The first-order chi connectivity index (χ1) is 12.3. The molecule has 0 spiro atoms. The zero-order chi connectivity index (χ0) is 18.6. The summed E-state index contributed by atoms with van der Waals surface area (Å²) in [6.45, 7) is 3.62. The highest BCUT2D eigenvalue weighted by atomic mass is 35.5. The number of aromatic amines is 1. The van der Waals surface area contributed by atoms with Crippen LogP contribution in [0.15, 0.2) is 48.3 Å². The van der Waals surface area contributed by atoms with Crippen LogP contribution >= 0.6 is 23.2 Å². The molecule has 0 atom stereocenters. The minimum absolute atomic E-state index is 0.120. The van der Waals surface area contributed by atoms with Gasteiger partial charge in [0.15, 0.2) is 5.78 Å². The fourth-order valence-electron chi connectivity index (χ4n) is 3.37. The molecule has 0 saturated heterocycles. The van der Waals surface area contributed by atoms with E-state index in [9.17, 15) is 4.79 Å². The number of H-pyrrole nitrogens is 1. The first-order valence-electron chi connectivity index (χ1n) is 8.05. The van der Waals surface area contributed by atoms with Gasteiger partial charge in [-0.1, -0.05) is 35.3 Å². The molecule has 1 aliphatic heterocycles. The molecule has 0 aliphatic carbocycles. The number of fused-ring (bicyclic) bond motifs is 1. The van der Waals surface area contributed by atoms with Gasteiger partial charge in [-0.15, -0.1) is 0 Å². The number of benzene rings is 2. The number of carbonyl (C=O) groups is 1. The summed E-state index contributed by atoms with van der Waals surface area (Å²) in [4.78, 5) is 22.6. The highest BCUT2D eigenvalue weighted by Crippen LogP contribution is 2.41. The molecule has 0 unspecified atom stereocenters. The van der Waals surface area contributed by atoms with E-state index in [0.29, 0.717) is 33.0 Å². The molecule has 0 bridgehead atoms. The molecule has 4 rings (SSSR count). The van der Waals surface area contributed by atoms with E-state index in [1.54, 1.807) is 23.1 Å². The molecule has 26 heavy (non-hydrogen) atoms. The lowest BCUT2D eigenvalue weighted by Gasteiger charge is -2.33. The van der Waals surface area contributed by atoms with Crippen LogP contribution in [0.5, 0.6) is 0 Å². The highest BCUT2D eigenvalue weighted by Gasteiger charge is 2.47. The number of nitrogens with two attached hydrogens (primary N) is 1. The lowest BCUT2D eigenvalue weighted by molar-refractivity contribution is -0.116. The summed E-state index contributed by atoms with van der Waals surface area (Å²) in [6.07, 6.45) is 0. The lowest BCUT2D eigenvalue weighted by atomic mass is 9.95. The molecule has 0 saturated carbocycles. The van der Waals surface area contributed by atoms with E-state index in [4.69, 9.17) is 28.9 Å². The van der Waals surface area contributed by atoms with E-state index in [2.05, 4.69) is 9.97 Å². The molecule has 2 aromatic carbocycles. The van der Waals surface area contributed by atoms with Gasteiger partial charge in [-0.3, -0.25) is 4.79 Å². The minimum atomic E-state index is -0.896. The summed E-state index contributed by atoms with van der Waals surface area (Å²) < 4.78 is 0. The van der Waals surface area contributed by atoms with Crippen molar-refractivity contribution < 1.29 is 4.79 Å². The average Bonchev–Trinajstić information content (AvgIpc) is 3.03. The molecule has 132 valence electrons. The Bertz CT molecular complexity index is 1030. The van der Waals surface area contributed by atoms with Crippen molar-refractivity contribution in [2.45, 2.75) is 19.4 Å². The summed E-state index contributed by atoms with van der Waals surface area (Å²) in [5.41, 5.74) is 8.16. The quantitative estimate of drug-likeness (QED) is 0.685. The summed E-state index contributed by atoms with van der Waals surface area (Å²) in [7, 11) is 0. The van der Waals surface area contributed by atoms with Crippen molar-refractivity contribution in [1.29, 1.82) is 0 Å². The van der Waals surface area contributed by atoms with E-state index in [1.165, 1.54) is 0 Å². The fraction of sp³-hybridized carbons (Fsp3) is 0.158.